The fourth-order valence-corrected chi connectivity index (χ4v) is 2.62. The molecule has 0 bridgehead atoms. The topological polar surface area (TPSA) is 47.8 Å². The molecule has 3 rings (SSSR count). The lowest BCUT2D eigenvalue weighted by Crippen LogP contribution is -2.12. The second kappa shape index (κ2) is 5.48. The van der Waals surface area contributed by atoms with Crippen molar-refractivity contribution < 1.29 is 4.79 Å². The highest BCUT2D eigenvalue weighted by atomic mass is 16.1. The summed E-state index contributed by atoms with van der Waals surface area (Å²) in [5.41, 5.74) is 3.44. The molecule has 4 nitrogen and oxygen atoms in total. The van der Waals surface area contributed by atoms with E-state index < -0.39 is 0 Å². The highest BCUT2D eigenvalue weighted by molar-refractivity contribution is 5.97. The number of aryl methyl sites for hydroxylation is 2. The van der Waals surface area contributed by atoms with Crippen LogP contribution >= 0.6 is 0 Å². The number of ketones is 1. The first kappa shape index (κ1) is 13.5. The first-order valence-corrected chi connectivity index (χ1v) is 7.09. The zero-order valence-corrected chi connectivity index (χ0v) is 12.2. The summed E-state index contributed by atoms with van der Waals surface area (Å²) in [6.07, 6.45) is 1.93. The van der Waals surface area contributed by atoms with Crippen molar-refractivity contribution in [2.75, 3.05) is 0 Å². The van der Waals surface area contributed by atoms with Crippen LogP contribution in [0.2, 0.25) is 0 Å². The number of Topliss-reactive ketones (excluding diaryl/α,β-unsaturated/α-hetero) is 1. The number of pyridine rings is 1. The van der Waals surface area contributed by atoms with Gasteiger partial charge in [0.15, 0.2) is 5.78 Å². The Kier molecular flexibility index (Phi) is 3.52. The second-order valence-corrected chi connectivity index (χ2v) is 5.03. The van der Waals surface area contributed by atoms with Crippen molar-refractivity contribution in [3.8, 4) is 0 Å². The number of hydrogen-bond acceptors (Lipinski definition) is 3. The van der Waals surface area contributed by atoms with Crippen molar-refractivity contribution in [1.29, 1.82) is 0 Å². The van der Waals surface area contributed by atoms with Crippen LogP contribution in [0.4, 0.5) is 0 Å². The molecule has 0 aliphatic rings. The zero-order chi connectivity index (χ0) is 14.8. The normalized spacial score (nSPS) is 11.0. The standard InChI is InChI=1S/C17H17N3O/c1-3-20-14-9-5-4-8-13(14)19-16(20)11-15(21)17-12(2)7-6-10-18-17/h4-10H,3,11H2,1-2H3. The van der Waals surface area contributed by atoms with Crippen molar-refractivity contribution in [3.63, 3.8) is 0 Å². The number of imidazole rings is 1. The van der Waals surface area contributed by atoms with E-state index in [1.807, 2.05) is 43.3 Å². The van der Waals surface area contributed by atoms with Gasteiger partial charge in [-0.1, -0.05) is 18.2 Å². The maximum atomic E-state index is 12.5. The summed E-state index contributed by atoms with van der Waals surface area (Å²) < 4.78 is 2.09. The average Bonchev–Trinajstić information content (AvgIpc) is 2.84. The fourth-order valence-electron chi connectivity index (χ4n) is 2.62. The van der Waals surface area contributed by atoms with E-state index in [0.29, 0.717) is 5.69 Å². The highest BCUT2D eigenvalue weighted by Crippen LogP contribution is 2.17. The molecule has 0 amide bonds. The van der Waals surface area contributed by atoms with Gasteiger partial charge in [0.05, 0.1) is 17.5 Å². The van der Waals surface area contributed by atoms with Gasteiger partial charge in [0, 0.05) is 12.7 Å². The van der Waals surface area contributed by atoms with Gasteiger partial charge in [-0.05, 0) is 37.6 Å². The third-order valence-electron chi connectivity index (χ3n) is 3.64. The molecule has 0 aliphatic carbocycles. The van der Waals surface area contributed by atoms with Gasteiger partial charge in [-0.2, -0.15) is 0 Å². The van der Waals surface area contributed by atoms with Gasteiger partial charge in [-0.15, -0.1) is 0 Å². The lowest BCUT2D eigenvalue weighted by molar-refractivity contribution is 0.0984. The summed E-state index contributed by atoms with van der Waals surface area (Å²) in [7, 11) is 0. The monoisotopic (exact) mass is 279 g/mol. The lowest BCUT2D eigenvalue weighted by atomic mass is 10.1. The third-order valence-corrected chi connectivity index (χ3v) is 3.64. The number of nitrogens with zero attached hydrogens (tertiary/aromatic N) is 3. The van der Waals surface area contributed by atoms with Crippen LogP contribution in [0.3, 0.4) is 0 Å². The van der Waals surface area contributed by atoms with Crippen LogP contribution < -0.4 is 0 Å². The molecule has 0 aliphatic heterocycles. The number of hydrogen-bond donors (Lipinski definition) is 0. The Hall–Kier alpha value is -2.49. The van der Waals surface area contributed by atoms with Crippen LogP contribution in [0.25, 0.3) is 11.0 Å². The predicted molar refractivity (Wildman–Crippen MR) is 82.4 cm³/mol. The van der Waals surface area contributed by atoms with E-state index in [1.165, 1.54) is 0 Å². The highest BCUT2D eigenvalue weighted by Gasteiger charge is 2.16. The Balaban J connectivity index is 1.98. The lowest BCUT2D eigenvalue weighted by Gasteiger charge is -2.06. The SMILES string of the molecule is CCn1c(CC(=O)c2ncccc2C)nc2ccccc21. The largest absolute Gasteiger partial charge is 0.328 e. The Bertz CT molecular complexity index is 805. The van der Waals surface area contributed by atoms with Gasteiger partial charge < -0.3 is 4.57 Å². The van der Waals surface area contributed by atoms with Crippen LogP contribution in [0, 0.1) is 6.92 Å². The molecule has 0 N–H and O–H groups in total. The molecule has 21 heavy (non-hydrogen) atoms. The smallest absolute Gasteiger partial charge is 0.188 e. The van der Waals surface area contributed by atoms with Crippen molar-refractivity contribution in [3.05, 3.63) is 59.7 Å². The number of carbonyl (C=O) groups is 1. The van der Waals surface area contributed by atoms with E-state index in [0.717, 1.165) is 29.0 Å². The van der Waals surface area contributed by atoms with Crippen LogP contribution in [0.15, 0.2) is 42.6 Å². The van der Waals surface area contributed by atoms with E-state index in [4.69, 9.17) is 0 Å². The van der Waals surface area contributed by atoms with Gasteiger partial charge in [-0.25, -0.2) is 4.98 Å². The first-order chi connectivity index (χ1) is 10.2. The predicted octanol–water partition coefficient (Wildman–Crippen LogP) is 3.19. The maximum Gasteiger partial charge on any atom is 0.188 e. The van der Waals surface area contributed by atoms with Gasteiger partial charge in [0.25, 0.3) is 0 Å². The van der Waals surface area contributed by atoms with Gasteiger partial charge >= 0.3 is 0 Å². The Morgan fingerprint density at radius 3 is 2.76 bits per heavy atom. The minimum absolute atomic E-state index is 0.0121. The van der Waals surface area contributed by atoms with E-state index in [1.54, 1.807) is 6.20 Å². The number of fused-ring (bicyclic) bond motifs is 1. The Labute approximate surface area is 123 Å². The summed E-state index contributed by atoms with van der Waals surface area (Å²) in [6.45, 7) is 4.77. The molecule has 0 spiro atoms. The number of benzene rings is 1. The van der Waals surface area contributed by atoms with Gasteiger partial charge in [0.2, 0.25) is 0 Å². The molecule has 2 heterocycles. The molecule has 106 valence electrons. The summed E-state index contributed by atoms with van der Waals surface area (Å²) in [5, 5.41) is 0. The van der Waals surface area contributed by atoms with Crippen LogP contribution in [-0.2, 0) is 13.0 Å². The summed E-state index contributed by atoms with van der Waals surface area (Å²) in [5.74, 6) is 0.812. The maximum absolute atomic E-state index is 12.5. The molecule has 0 saturated carbocycles. The first-order valence-electron chi connectivity index (χ1n) is 7.09. The van der Waals surface area contributed by atoms with Crippen molar-refractivity contribution in [1.82, 2.24) is 14.5 Å². The molecule has 0 radical (unpaired) electrons. The molecule has 1 aromatic carbocycles. The minimum atomic E-state index is 0.0121. The zero-order valence-electron chi connectivity index (χ0n) is 12.2. The molecule has 0 atom stereocenters. The molecular formula is C17H17N3O. The van der Waals surface area contributed by atoms with E-state index in [-0.39, 0.29) is 12.2 Å². The van der Waals surface area contributed by atoms with Crippen molar-refractivity contribution in [2.45, 2.75) is 26.8 Å². The van der Waals surface area contributed by atoms with Gasteiger partial charge in [-0.3, -0.25) is 9.78 Å². The van der Waals surface area contributed by atoms with E-state index in [2.05, 4.69) is 21.5 Å². The summed E-state index contributed by atoms with van der Waals surface area (Å²) in [6, 6.07) is 11.7. The average molecular weight is 279 g/mol. The number of para-hydroxylation sites is 2. The molecule has 4 heteroatoms. The molecule has 0 saturated heterocycles. The number of rotatable bonds is 4. The number of carbonyl (C=O) groups excluding carboxylic acids is 1. The van der Waals surface area contributed by atoms with Crippen LogP contribution in [0.5, 0.6) is 0 Å². The molecule has 0 fully saturated rings. The molecular weight excluding hydrogens is 262 g/mol. The quantitative estimate of drug-likeness (QED) is 0.689. The molecule has 2 aromatic heterocycles. The Morgan fingerprint density at radius 2 is 2.00 bits per heavy atom. The third kappa shape index (κ3) is 2.44. The van der Waals surface area contributed by atoms with Crippen LogP contribution in [-0.4, -0.2) is 20.3 Å². The molecule has 0 unspecified atom stereocenters. The van der Waals surface area contributed by atoms with E-state index >= 15 is 0 Å². The second-order valence-electron chi connectivity index (χ2n) is 5.03. The fraction of sp³-hybridized carbons (Fsp3) is 0.235. The summed E-state index contributed by atoms with van der Waals surface area (Å²) in [4.78, 5) is 21.3. The number of aromatic nitrogens is 3. The van der Waals surface area contributed by atoms with E-state index in [9.17, 15) is 4.79 Å². The summed E-state index contributed by atoms with van der Waals surface area (Å²) >= 11 is 0. The molecule has 3 aromatic rings. The minimum Gasteiger partial charge on any atom is -0.328 e. The van der Waals surface area contributed by atoms with Crippen LogP contribution in [0.1, 0.15) is 28.8 Å². The van der Waals surface area contributed by atoms with Crippen molar-refractivity contribution >= 4 is 16.8 Å². The Morgan fingerprint density at radius 1 is 1.19 bits per heavy atom. The van der Waals surface area contributed by atoms with Crippen molar-refractivity contribution in [2.24, 2.45) is 0 Å². The van der Waals surface area contributed by atoms with Gasteiger partial charge in [0.1, 0.15) is 11.5 Å².